The maximum absolute atomic E-state index is 15.8. The summed E-state index contributed by atoms with van der Waals surface area (Å²) in [6.45, 7) is 2.40. The molecule has 6 nitrogen and oxygen atoms in total. The maximum Gasteiger partial charge on any atom is 0.341 e. The normalized spacial score (nSPS) is 16.2. The molecule has 1 N–H and O–H groups in total. The zero-order chi connectivity index (χ0) is 23.3. The minimum atomic E-state index is -1.53. The SMILES string of the molecule is O=C(O)c1cn(-c2ccc(N3CCCC3)c(F)c2)c2c(F)c(N3CCCC3)c(F)cc2c1=O. The lowest BCUT2D eigenvalue weighted by atomic mass is 10.1. The van der Waals surface area contributed by atoms with E-state index in [1.165, 1.54) is 6.07 Å². The molecule has 2 saturated heterocycles. The molecule has 2 aliphatic heterocycles. The van der Waals surface area contributed by atoms with Crippen LogP contribution in [0.3, 0.4) is 0 Å². The Labute approximate surface area is 187 Å². The molecule has 2 fully saturated rings. The van der Waals surface area contributed by atoms with Crippen molar-refractivity contribution in [3.63, 3.8) is 0 Å². The van der Waals surface area contributed by atoms with E-state index in [0.29, 0.717) is 18.8 Å². The van der Waals surface area contributed by atoms with Gasteiger partial charge in [0.1, 0.15) is 22.9 Å². The van der Waals surface area contributed by atoms with Crippen LogP contribution >= 0.6 is 0 Å². The van der Waals surface area contributed by atoms with Crippen LogP contribution in [0.25, 0.3) is 16.6 Å². The van der Waals surface area contributed by atoms with Crippen LogP contribution < -0.4 is 15.2 Å². The molecular formula is C24H22F3N3O3. The van der Waals surface area contributed by atoms with Crippen LogP contribution in [0.15, 0.2) is 35.3 Å². The standard InChI is InChI=1S/C24H22F3N3O3/c25-17-11-14(5-6-19(17)28-7-1-2-8-28)30-13-16(24(32)33)23(31)15-12-18(26)22(20(27)21(15)30)29-9-3-4-10-29/h5-6,11-13H,1-4,7-10H2,(H,32,33). The number of aromatic carboxylic acids is 1. The molecule has 0 unspecified atom stereocenters. The molecule has 0 amide bonds. The summed E-state index contributed by atoms with van der Waals surface area (Å²) < 4.78 is 46.9. The molecule has 9 heteroatoms. The molecule has 3 aromatic rings. The second kappa shape index (κ2) is 8.13. The van der Waals surface area contributed by atoms with Gasteiger partial charge in [0.05, 0.1) is 16.6 Å². The first-order chi connectivity index (χ1) is 15.9. The Bertz CT molecular complexity index is 1330. The number of halogens is 3. The molecule has 0 bridgehead atoms. The van der Waals surface area contributed by atoms with Crippen LogP contribution in [0.1, 0.15) is 36.0 Å². The van der Waals surface area contributed by atoms with Crippen molar-refractivity contribution in [1.29, 1.82) is 0 Å². The van der Waals surface area contributed by atoms with Gasteiger partial charge in [-0.1, -0.05) is 0 Å². The van der Waals surface area contributed by atoms with Gasteiger partial charge in [-0.3, -0.25) is 4.79 Å². The summed E-state index contributed by atoms with van der Waals surface area (Å²) in [6.07, 6.45) is 4.47. The zero-order valence-electron chi connectivity index (χ0n) is 17.8. The van der Waals surface area contributed by atoms with E-state index in [4.69, 9.17) is 0 Å². The number of benzene rings is 2. The summed E-state index contributed by atoms with van der Waals surface area (Å²) in [5.74, 6) is -3.97. The minimum Gasteiger partial charge on any atom is -0.477 e. The Hall–Kier alpha value is -3.49. The van der Waals surface area contributed by atoms with E-state index in [1.54, 1.807) is 17.0 Å². The van der Waals surface area contributed by atoms with Crippen molar-refractivity contribution < 1.29 is 23.1 Å². The number of pyridine rings is 1. The maximum atomic E-state index is 15.8. The summed E-state index contributed by atoms with van der Waals surface area (Å²) >= 11 is 0. The number of rotatable bonds is 4. The second-order valence-corrected chi connectivity index (χ2v) is 8.49. The number of carbonyl (C=O) groups is 1. The van der Waals surface area contributed by atoms with Gasteiger partial charge in [0.25, 0.3) is 0 Å². The Morgan fingerprint density at radius 2 is 1.52 bits per heavy atom. The fourth-order valence-corrected chi connectivity index (χ4v) is 4.85. The molecule has 3 heterocycles. The van der Waals surface area contributed by atoms with Crippen molar-refractivity contribution in [3.8, 4) is 5.69 Å². The first kappa shape index (κ1) is 21.4. The van der Waals surface area contributed by atoms with Gasteiger partial charge in [0, 0.05) is 44.1 Å². The highest BCUT2D eigenvalue weighted by molar-refractivity contribution is 5.94. The number of carboxylic acids is 1. The van der Waals surface area contributed by atoms with Gasteiger partial charge in [-0.2, -0.15) is 0 Å². The molecule has 0 aliphatic carbocycles. The van der Waals surface area contributed by atoms with E-state index in [0.717, 1.165) is 55.6 Å². The lowest BCUT2D eigenvalue weighted by molar-refractivity contribution is 0.0695. The number of hydrogen-bond donors (Lipinski definition) is 1. The number of hydrogen-bond acceptors (Lipinski definition) is 4. The summed E-state index contributed by atoms with van der Waals surface area (Å²) in [5, 5.41) is 9.11. The van der Waals surface area contributed by atoms with Gasteiger partial charge in [0.2, 0.25) is 5.43 Å². The molecule has 1 aromatic heterocycles. The van der Waals surface area contributed by atoms with Crippen LogP contribution in [0.2, 0.25) is 0 Å². The molecule has 2 aliphatic rings. The van der Waals surface area contributed by atoms with E-state index >= 15 is 8.78 Å². The first-order valence-electron chi connectivity index (χ1n) is 11.0. The van der Waals surface area contributed by atoms with Gasteiger partial charge in [-0.05, 0) is 43.9 Å². The lowest BCUT2D eigenvalue weighted by Gasteiger charge is -2.22. The topological polar surface area (TPSA) is 65.8 Å². The molecule has 172 valence electrons. The molecule has 0 saturated carbocycles. The first-order valence-corrected chi connectivity index (χ1v) is 11.0. The third-order valence-corrected chi connectivity index (χ3v) is 6.47. The smallest absolute Gasteiger partial charge is 0.341 e. The average molecular weight is 457 g/mol. The minimum absolute atomic E-state index is 0.140. The van der Waals surface area contributed by atoms with Gasteiger partial charge >= 0.3 is 5.97 Å². The highest BCUT2D eigenvalue weighted by atomic mass is 19.1. The summed E-state index contributed by atoms with van der Waals surface area (Å²) in [4.78, 5) is 27.9. The zero-order valence-corrected chi connectivity index (χ0v) is 17.8. The molecule has 0 radical (unpaired) electrons. The molecule has 0 atom stereocenters. The van der Waals surface area contributed by atoms with Crippen LogP contribution in [0.5, 0.6) is 0 Å². The van der Waals surface area contributed by atoms with Crippen LogP contribution in [-0.4, -0.2) is 41.8 Å². The van der Waals surface area contributed by atoms with Crippen LogP contribution in [0, 0.1) is 17.5 Å². The Kier molecular flexibility index (Phi) is 5.26. The van der Waals surface area contributed by atoms with Gasteiger partial charge < -0.3 is 19.5 Å². The highest BCUT2D eigenvalue weighted by Crippen LogP contribution is 2.34. The summed E-state index contributed by atoms with van der Waals surface area (Å²) in [5.41, 5.74) is -1.63. The van der Waals surface area contributed by atoms with E-state index in [-0.39, 0.29) is 16.9 Å². The Morgan fingerprint density at radius 3 is 2.12 bits per heavy atom. The van der Waals surface area contributed by atoms with Gasteiger partial charge in [-0.15, -0.1) is 0 Å². The van der Waals surface area contributed by atoms with Crippen molar-refractivity contribution in [2.24, 2.45) is 0 Å². The molecule has 2 aromatic carbocycles. The quantitative estimate of drug-likeness (QED) is 0.633. The molecule has 0 spiro atoms. The highest BCUT2D eigenvalue weighted by Gasteiger charge is 2.27. The monoisotopic (exact) mass is 457 g/mol. The average Bonchev–Trinajstić information content (AvgIpc) is 3.49. The van der Waals surface area contributed by atoms with Crippen molar-refractivity contribution >= 4 is 28.2 Å². The van der Waals surface area contributed by atoms with Gasteiger partial charge in [0.15, 0.2) is 5.82 Å². The van der Waals surface area contributed by atoms with Crippen LogP contribution in [0.4, 0.5) is 24.5 Å². The number of nitrogens with zero attached hydrogens (tertiary/aromatic N) is 3. The third kappa shape index (κ3) is 3.51. The van der Waals surface area contributed by atoms with E-state index in [9.17, 15) is 19.1 Å². The van der Waals surface area contributed by atoms with E-state index in [1.807, 2.05) is 4.90 Å². The van der Waals surface area contributed by atoms with Crippen molar-refractivity contribution in [3.05, 3.63) is 63.7 Å². The van der Waals surface area contributed by atoms with Crippen molar-refractivity contribution in [2.45, 2.75) is 25.7 Å². The number of carboxylic acid groups (broad SMARTS) is 1. The van der Waals surface area contributed by atoms with Crippen molar-refractivity contribution in [1.82, 2.24) is 4.57 Å². The third-order valence-electron chi connectivity index (χ3n) is 6.47. The number of anilines is 2. The number of aromatic nitrogens is 1. The number of fused-ring (bicyclic) bond motifs is 1. The largest absolute Gasteiger partial charge is 0.477 e. The molecular weight excluding hydrogens is 435 g/mol. The van der Waals surface area contributed by atoms with E-state index in [2.05, 4.69) is 0 Å². The Balaban J connectivity index is 1.77. The predicted molar refractivity (Wildman–Crippen MR) is 119 cm³/mol. The predicted octanol–water partition coefficient (Wildman–Crippen LogP) is 4.31. The molecule has 33 heavy (non-hydrogen) atoms. The lowest BCUT2D eigenvalue weighted by Crippen LogP contribution is -2.24. The van der Waals surface area contributed by atoms with Crippen molar-refractivity contribution in [2.75, 3.05) is 36.0 Å². The Morgan fingerprint density at radius 1 is 0.879 bits per heavy atom. The van der Waals surface area contributed by atoms with Gasteiger partial charge in [-0.25, -0.2) is 18.0 Å². The van der Waals surface area contributed by atoms with Crippen LogP contribution in [-0.2, 0) is 0 Å². The fraction of sp³-hybridized carbons (Fsp3) is 0.333. The molecule has 5 rings (SSSR count). The fourth-order valence-electron chi connectivity index (χ4n) is 4.85. The second-order valence-electron chi connectivity index (χ2n) is 8.49. The summed E-state index contributed by atoms with van der Waals surface area (Å²) in [7, 11) is 0. The summed E-state index contributed by atoms with van der Waals surface area (Å²) in [6, 6.07) is 5.17. The van der Waals surface area contributed by atoms with E-state index < -0.39 is 39.8 Å².